The highest BCUT2D eigenvalue weighted by molar-refractivity contribution is 5.81. The van der Waals surface area contributed by atoms with Gasteiger partial charge in [-0.05, 0) is 51.4 Å². The Morgan fingerprint density at radius 1 is 0.680 bits per heavy atom. The summed E-state index contributed by atoms with van der Waals surface area (Å²) in [6, 6.07) is 0. The lowest BCUT2D eigenvalue weighted by molar-refractivity contribution is -0.134. The molecule has 0 bridgehead atoms. The van der Waals surface area contributed by atoms with E-state index < -0.39 is 0 Å². The van der Waals surface area contributed by atoms with Gasteiger partial charge in [-0.25, -0.2) is 4.79 Å². The lowest BCUT2D eigenvalue weighted by atomic mass is 10.2. The molecule has 0 fully saturated rings. The first-order valence-corrected chi connectivity index (χ1v) is 9.30. The molecule has 25 heavy (non-hydrogen) atoms. The summed E-state index contributed by atoms with van der Waals surface area (Å²) in [4.78, 5) is 10.9. The summed E-state index contributed by atoms with van der Waals surface area (Å²) >= 11 is 0. The van der Waals surface area contributed by atoms with E-state index in [1.54, 1.807) is 0 Å². The van der Waals surface area contributed by atoms with E-state index in [1.807, 2.05) is 6.08 Å². The van der Waals surface area contributed by atoms with Crippen molar-refractivity contribution in [2.45, 2.75) is 58.3 Å². The Kier molecular flexibility index (Phi) is 18.3. The van der Waals surface area contributed by atoms with Crippen molar-refractivity contribution in [2.24, 2.45) is 0 Å². The van der Waals surface area contributed by atoms with Gasteiger partial charge >= 0.3 is 5.97 Å². The first kappa shape index (κ1) is 22.9. The molecule has 0 aliphatic carbocycles. The van der Waals surface area contributed by atoms with Crippen LogP contribution in [0.15, 0.2) is 72.9 Å². The molecular weight excluding hydrogens is 308 g/mol. The van der Waals surface area contributed by atoms with Gasteiger partial charge in [-0.15, -0.1) is 0 Å². The second-order valence-electron chi connectivity index (χ2n) is 5.56. The molecule has 0 aromatic carbocycles. The van der Waals surface area contributed by atoms with Gasteiger partial charge in [0.05, 0.1) is 7.11 Å². The van der Waals surface area contributed by atoms with Crippen molar-refractivity contribution in [2.75, 3.05) is 7.11 Å². The molecule has 0 N–H and O–H groups in total. The topological polar surface area (TPSA) is 26.3 Å². The molecule has 0 unspecified atom stereocenters. The van der Waals surface area contributed by atoms with Crippen LogP contribution in [0.4, 0.5) is 0 Å². The maximum atomic E-state index is 10.9. The van der Waals surface area contributed by atoms with Crippen LogP contribution in [-0.4, -0.2) is 13.1 Å². The molecule has 0 spiro atoms. The summed E-state index contributed by atoms with van der Waals surface area (Å²) in [7, 11) is 1.39. The normalized spacial score (nSPS) is 12.9. The Hall–Kier alpha value is -2.09. The molecule has 0 aromatic rings. The van der Waals surface area contributed by atoms with Crippen LogP contribution in [0.2, 0.25) is 0 Å². The Balaban J connectivity index is 3.50. The standard InChI is InChI=1S/C23H34O2/c1-3-4-5-6-7-8-9-10-11-12-13-14-15-16-17-18-19-20-21-22-23(24)25-2/h4-5,7-8,10-11,13-14,16-17,21-22H,3,6,9,12,15,18-20H2,1-2H3. The van der Waals surface area contributed by atoms with E-state index in [0.29, 0.717) is 0 Å². The fourth-order valence-electron chi connectivity index (χ4n) is 1.97. The highest BCUT2D eigenvalue weighted by Crippen LogP contribution is 2.00. The van der Waals surface area contributed by atoms with Crippen molar-refractivity contribution in [1.29, 1.82) is 0 Å². The number of rotatable bonds is 14. The molecule has 0 rings (SSSR count). The summed E-state index contributed by atoms with van der Waals surface area (Å²) < 4.78 is 4.53. The van der Waals surface area contributed by atoms with Crippen molar-refractivity contribution in [3.8, 4) is 0 Å². The molecule has 0 aliphatic rings. The molecule has 0 atom stereocenters. The van der Waals surface area contributed by atoms with Gasteiger partial charge in [0.25, 0.3) is 0 Å². The Morgan fingerprint density at radius 3 is 1.60 bits per heavy atom. The number of hydrogen-bond acceptors (Lipinski definition) is 2. The van der Waals surface area contributed by atoms with E-state index in [0.717, 1.165) is 51.4 Å². The predicted molar refractivity (Wildman–Crippen MR) is 109 cm³/mol. The van der Waals surface area contributed by atoms with E-state index in [1.165, 1.54) is 13.2 Å². The van der Waals surface area contributed by atoms with E-state index in [-0.39, 0.29) is 5.97 Å². The highest BCUT2D eigenvalue weighted by atomic mass is 16.5. The maximum absolute atomic E-state index is 10.9. The highest BCUT2D eigenvalue weighted by Gasteiger charge is 1.88. The molecule has 0 aliphatic heterocycles. The number of allylic oxidation sites excluding steroid dienone is 11. The van der Waals surface area contributed by atoms with Crippen LogP contribution in [0.1, 0.15) is 58.3 Å². The van der Waals surface area contributed by atoms with Gasteiger partial charge in [0.1, 0.15) is 0 Å². The minimum Gasteiger partial charge on any atom is -0.466 e. The van der Waals surface area contributed by atoms with Crippen molar-refractivity contribution in [3.05, 3.63) is 72.9 Å². The molecule has 0 radical (unpaired) electrons. The number of methoxy groups -OCH3 is 1. The van der Waals surface area contributed by atoms with Crippen molar-refractivity contribution in [3.63, 3.8) is 0 Å². The SMILES string of the molecule is CCC=CCC=CCC=CCC=CCC=CCCCC=CC(=O)OC. The second kappa shape index (κ2) is 20.0. The minimum absolute atomic E-state index is 0.283. The second-order valence-corrected chi connectivity index (χ2v) is 5.56. The zero-order valence-corrected chi connectivity index (χ0v) is 15.9. The van der Waals surface area contributed by atoms with Crippen LogP contribution in [0.5, 0.6) is 0 Å². The number of ether oxygens (including phenoxy) is 1. The quantitative estimate of drug-likeness (QED) is 0.153. The minimum atomic E-state index is -0.283. The van der Waals surface area contributed by atoms with Crippen LogP contribution in [0, 0.1) is 0 Å². The third-order valence-corrected chi connectivity index (χ3v) is 3.35. The largest absolute Gasteiger partial charge is 0.466 e. The van der Waals surface area contributed by atoms with Crippen molar-refractivity contribution in [1.82, 2.24) is 0 Å². The molecular formula is C23H34O2. The summed E-state index contributed by atoms with van der Waals surface area (Å²) in [6.07, 6.45) is 33.5. The first-order chi connectivity index (χ1) is 12.3. The number of hydrogen-bond donors (Lipinski definition) is 0. The summed E-state index contributed by atoms with van der Waals surface area (Å²) in [5.74, 6) is -0.283. The molecule has 0 saturated carbocycles. The third kappa shape index (κ3) is 19.9. The molecule has 0 aromatic heterocycles. The molecule has 0 amide bonds. The van der Waals surface area contributed by atoms with E-state index in [4.69, 9.17) is 0 Å². The van der Waals surface area contributed by atoms with Crippen LogP contribution in [0.25, 0.3) is 0 Å². The Bertz CT molecular complexity index is 476. The van der Waals surface area contributed by atoms with Crippen molar-refractivity contribution >= 4 is 5.97 Å². The average molecular weight is 343 g/mol. The molecule has 0 heterocycles. The summed E-state index contributed by atoms with van der Waals surface area (Å²) in [5.41, 5.74) is 0. The van der Waals surface area contributed by atoms with Gasteiger partial charge in [-0.1, -0.05) is 73.8 Å². The Labute approximate surface area is 154 Å². The van der Waals surface area contributed by atoms with Crippen molar-refractivity contribution < 1.29 is 9.53 Å². The number of unbranched alkanes of at least 4 members (excludes halogenated alkanes) is 2. The predicted octanol–water partition coefficient (Wildman–Crippen LogP) is 6.64. The maximum Gasteiger partial charge on any atom is 0.330 e. The fraction of sp³-hybridized carbons (Fsp3) is 0.435. The van der Waals surface area contributed by atoms with Gasteiger partial charge < -0.3 is 4.74 Å². The zero-order chi connectivity index (χ0) is 18.4. The van der Waals surface area contributed by atoms with Gasteiger partial charge in [0.2, 0.25) is 0 Å². The van der Waals surface area contributed by atoms with E-state index >= 15 is 0 Å². The van der Waals surface area contributed by atoms with E-state index in [9.17, 15) is 4.79 Å². The lowest BCUT2D eigenvalue weighted by Gasteiger charge is -1.91. The summed E-state index contributed by atoms with van der Waals surface area (Å²) in [5, 5.41) is 0. The van der Waals surface area contributed by atoms with Crippen LogP contribution in [-0.2, 0) is 9.53 Å². The van der Waals surface area contributed by atoms with Gasteiger partial charge in [0.15, 0.2) is 0 Å². The van der Waals surface area contributed by atoms with Gasteiger partial charge in [-0.3, -0.25) is 0 Å². The molecule has 138 valence electrons. The molecule has 0 saturated heterocycles. The van der Waals surface area contributed by atoms with E-state index in [2.05, 4.69) is 72.4 Å². The number of carbonyl (C=O) groups excluding carboxylic acids is 1. The number of carbonyl (C=O) groups is 1. The summed E-state index contributed by atoms with van der Waals surface area (Å²) in [6.45, 7) is 2.15. The van der Waals surface area contributed by atoms with Crippen LogP contribution in [0.3, 0.4) is 0 Å². The lowest BCUT2D eigenvalue weighted by Crippen LogP contribution is -1.93. The molecule has 2 nitrogen and oxygen atoms in total. The third-order valence-electron chi connectivity index (χ3n) is 3.35. The van der Waals surface area contributed by atoms with Crippen LogP contribution < -0.4 is 0 Å². The fourth-order valence-corrected chi connectivity index (χ4v) is 1.97. The average Bonchev–Trinajstić information content (AvgIpc) is 2.63. The zero-order valence-electron chi connectivity index (χ0n) is 15.9. The van der Waals surface area contributed by atoms with Crippen LogP contribution >= 0.6 is 0 Å². The monoisotopic (exact) mass is 342 g/mol. The molecule has 2 heteroatoms. The van der Waals surface area contributed by atoms with Gasteiger partial charge in [0, 0.05) is 6.08 Å². The number of esters is 1. The first-order valence-electron chi connectivity index (χ1n) is 9.30. The Morgan fingerprint density at radius 2 is 1.12 bits per heavy atom. The van der Waals surface area contributed by atoms with Gasteiger partial charge in [-0.2, -0.15) is 0 Å². The smallest absolute Gasteiger partial charge is 0.330 e.